The summed E-state index contributed by atoms with van der Waals surface area (Å²) in [7, 11) is 0. The molecule has 1 heterocycles. The molecule has 0 spiro atoms. The third-order valence-corrected chi connectivity index (χ3v) is 1.85. The molecule has 1 aromatic rings. The first-order valence-corrected chi connectivity index (χ1v) is 5.16. The van der Waals surface area contributed by atoms with Crippen LogP contribution in [0.1, 0.15) is 19.8 Å². The minimum atomic E-state index is 0.131. The summed E-state index contributed by atoms with van der Waals surface area (Å²) in [5.41, 5.74) is 5.52. The smallest absolute Gasteiger partial charge is 0.197 e. The summed E-state index contributed by atoms with van der Waals surface area (Å²) in [5, 5.41) is 9.04. The van der Waals surface area contributed by atoms with Gasteiger partial charge < -0.3 is 5.73 Å². The van der Waals surface area contributed by atoms with E-state index in [1.807, 2.05) is 0 Å². The maximum Gasteiger partial charge on any atom is 0.197 e. The van der Waals surface area contributed by atoms with Gasteiger partial charge in [0.25, 0.3) is 0 Å². The molecule has 1 aromatic heterocycles. The van der Waals surface area contributed by atoms with Gasteiger partial charge in [-0.25, -0.2) is 0 Å². The van der Waals surface area contributed by atoms with Gasteiger partial charge in [-0.3, -0.25) is 4.84 Å². The van der Waals surface area contributed by atoms with Gasteiger partial charge in [0.2, 0.25) is 0 Å². The van der Waals surface area contributed by atoms with Crippen molar-refractivity contribution >= 4 is 23.1 Å². The highest BCUT2D eigenvalue weighted by atomic mass is 32.1. The minimum Gasteiger partial charge on any atom is -0.374 e. The number of rotatable bonds is 5. The summed E-state index contributed by atoms with van der Waals surface area (Å²) < 4.78 is 0. The van der Waals surface area contributed by atoms with Crippen molar-refractivity contribution in [1.82, 2.24) is 10.2 Å². The lowest BCUT2D eigenvalue weighted by molar-refractivity contribution is 0.138. The molecular formula is C9H14N4OS. The van der Waals surface area contributed by atoms with Crippen LogP contribution in [0.4, 0.5) is 5.82 Å². The second-order valence-corrected chi connectivity index (χ2v) is 3.32. The molecular weight excluding hydrogens is 212 g/mol. The monoisotopic (exact) mass is 226 g/mol. The van der Waals surface area contributed by atoms with E-state index in [9.17, 15) is 0 Å². The van der Waals surface area contributed by atoms with Gasteiger partial charge >= 0.3 is 0 Å². The third-order valence-electron chi connectivity index (χ3n) is 1.68. The van der Waals surface area contributed by atoms with Crippen molar-refractivity contribution in [2.45, 2.75) is 19.8 Å². The Balaban J connectivity index is 2.62. The Labute approximate surface area is 94.2 Å². The van der Waals surface area contributed by atoms with Crippen LogP contribution in [-0.2, 0) is 4.84 Å². The number of hydrogen-bond acceptors (Lipinski definition) is 4. The van der Waals surface area contributed by atoms with Crippen LogP contribution in [0.3, 0.4) is 0 Å². The van der Waals surface area contributed by atoms with Crippen LogP contribution < -0.4 is 10.8 Å². The Morgan fingerprint density at radius 1 is 1.67 bits per heavy atom. The van der Waals surface area contributed by atoms with Crippen molar-refractivity contribution in [3.05, 3.63) is 18.3 Å². The Bertz CT molecular complexity index is 306. The van der Waals surface area contributed by atoms with Crippen LogP contribution in [0.5, 0.6) is 0 Å². The normalized spacial score (nSPS) is 9.93. The fourth-order valence-electron chi connectivity index (χ4n) is 0.945. The van der Waals surface area contributed by atoms with Crippen LogP contribution in [-0.4, -0.2) is 21.9 Å². The molecule has 6 heteroatoms. The first-order chi connectivity index (χ1) is 7.25. The average molecular weight is 226 g/mol. The standard InChI is InChI=1S/C9H14N4OS/c1-2-3-7-14-13(9(10)15)8-5-4-6-11-12-8/h4-6H,2-3,7H2,1H3,(H2,10,15). The van der Waals surface area contributed by atoms with Crippen molar-refractivity contribution < 1.29 is 4.84 Å². The van der Waals surface area contributed by atoms with Gasteiger partial charge in [0.1, 0.15) is 0 Å². The van der Waals surface area contributed by atoms with Gasteiger partial charge in [-0.1, -0.05) is 13.3 Å². The van der Waals surface area contributed by atoms with Crippen LogP contribution in [0.2, 0.25) is 0 Å². The van der Waals surface area contributed by atoms with Crippen LogP contribution >= 0.6 is 12.2 Å². The predicted octanol–water partition coefficient (Wildman–Crippen LogP) is 1.26. The van der Waals surface area contributed by atoms with Crippen LogP contribution in [0.15, 0.2) is 18.3 Å². The van der Waals surface area contributed by atoms with E-state index in [0.29, 0.717) is 12.4 Å². The molecule has 0 aliphatic rings. The SMILES string of the molecule is CCCCON(C(N)=S)c1cccnn1. The maximum absolute atomic E-state index is 5.52. The van der Waals surface area contributed by atoms with Crippen molar-refractivity contribution in [2.75, 3.05) is 11.7 Å². The van der Waals surface area contributed by atoms with E-state index >= 15 is 0 Å². The highest BCUT2D eigenvalue weighted by Gasteiger charge is 2.11. The van der Waals surface area contributed by atoms with Gasteiger partial charge in [-0.2, -0.15) is 10.2 Å². The summed E-state index contributed by atoms with van der Waals surface area (Å²) >= 11 is 4.86. The second-order valence-electron chi connectivity index (χ2n) is 2.90. The quantitative estimate of drug-likeness (QED) is 0.463. The molecule has 0 aromatic carbocycles. The summed E-state index contributed by atoms with van der Waals surface area (Å²) in [6, 6.07) is 3.48. The molecule has 82 valence electrons. The molecule has 0 saturated heterocycles. The molecule has 0 fully saturated rings. The average Bonchev–Trinajstić information content (AvgIpc) is 2.25. The zero-order valence-corrected chi connectivity index (χ0v) is 9.41. The van der Waals surface area contributed by atoms with Gasteiger partial charge in [0.05, 0.1) is 6.61 Å². The summed E-state index contributed by atoms with van der Waals surface area (Å²) in [6.07, 6.45) is 3.57. The lowest BCUT2D eigenvalue weighted by Gasteiger charge is -2.19. The number of hydroxylamine groups is 1. The largest absolute Gasteiger partial charge is 0.374 e. The zero-order valence-electron chi connectivity index (χ0n) is 8.59. The zero-order chi connectivity index (χ0) is 11.1. The third kappa shape index (κ3) is 3.77. The summed E-state index contributed by atoms with van der Waals surface area (Å²) in [6.45, 7) is 2.64. The van der Waals surface area contributed by atoms with E-state index < -0.39 is 0 Å². The highest BCUT2D eigenvalue weighted by molar-refractivity contribution is 7.80. The van der Waals surface area contributed by atoms with E-state index in [-0.39, 0.29) is 5.11 Å². The summed E-state index contributed by atoms with van der Waals surface area (Å²) in [4.78, 5) is 5.39. The van der Waals surface area contributed by atoms with Gasteiger partial charge in [-0.05, 0) is 30.8 Å². The fourth-order valence-corrected chi connectivity index (χ4v) is 1.09. The van der Waals surface area contributed by atoms with E-state index in [4.69, 9.17) is 22.8 Å². The first-order valence-electron chi connectivity index (χ1n) is 4.76. The first kappa shape index (κ1) is 11.8. The van der Waals surface area contributed by atoms with Crippen LogP contribution in [0, 0.1) is 0 Å². The number of hydrogen-bond donors (Lipinski definition) is 1. The molecule has 15 heavy (non-hydrogen) atoms. The molecule has 0 radical (unpaired) electrons. The Morgan fingerprint density at radius 3 is 3.00 bits per heavy atom. The number of nitrogens with two attached hydrogens (primary N) is 1. The Kier molecular flexibility index (Phi) is 4.92. The number of nitrogens with zero attached hydrogens (tertiary/aromatic N) is 3. The molecule has 1 rings (SSSR count). The molecule has 0 aliphatic carbocycles. The molecule has 2 N–H and O–H groups in total. The van der Waals surface area contributed by atoms with Gasteiger partial charge in [0.15, 0.2) is 10.9 Å². The highest BCUT2D eigenvalue weighted by Crippen LogP contribution is 2.08. The van der Waals surface area contributed by atoms with Crippen molar-refractivity contribution in [3.8, 4) is 0 Å². The number of aromatic nitrogens is 2. The molecule has 0 unspecified atom stereocenters. The topological polar surface area (TPSA) is 64.3 Å². The van der Waals surface area contributed by atoms with E-state index in [1.54, 1.807) is 18.3 Å². The lowest BCUT2D eigenvalue weighted by atomic mass is 10.4. The summed E-state index contributed by atoms with van der Waals surface area (Å²) in [5.74, 6) is 0.501. The van der Waals surface area contributed by atoms with Crippen molar-refractivity contribution in [2.24, 2.45) is 5.73 Å². The molecule has 0 bridgehead atoms. The van der Waals surface area contributed by atoms with E-state index in [1.165, 1.54) is 5.06 Å². The Hall–Kier alpha value is -1.27. The second kappa shape index (κ2) is 6.26. The number of thiocarbonyl (C=S) groups is 1. The minimum absolute atomic E-state index is 0.131. The molecule has 0 saturated carbocycles. The van der Waals surface area contributed by atoms with Crippen LogP contribution in [0.25, 0.3) is 0 Å². The van der Waals surface area contributed by atoms with Crippen molar-refractivity contribution in [3.63, 3.8) is 0 Å². The number of unbranched alkanes of at least 4 members (excludes halogenated alkanes) is 1. The van der Waals surface area contributed by atoms with E-state index in [0.717, 1.165) is 12.8 Å². The molecule has 5 nitrogen and oxygen atoms in total. The van der Waals surface area contributed by atoms with E-state index in [2.05, 4.69) is 17.1 Å². The lowest BCUT2D eigenvalue weighted by Crippen LogP contribution is -2.36. The fraction of sp³-hybridized carbons (Fsp3) is 0.444. The van der Waals surface area contributed by atoms with Crippen molar-refractivity contribution in [1.29, 1.82) is 0 Å². The maximum atomic E-state index is 5.52. The number of anilines is 1. The van der Waals surface area contributed by atoms with Gasteiger partial charge in [0, 0.05) is 6.20 Å². The molecule has 0 amide bonds. The molecule has 0 aliphatic heterocycles. The predicted molar refractivity (Wildman–Crippen MR) is 62.2 cm³/mol. The van der Waals surface area contributed by atoms with Gasteiger partial charge in [-0.15, -0.1) is 5.10 Å². The molecule has 0 atom stereocenters. The Morgan fingerprint density at radius 2 is 2.47 bits per heavy atom.